The molecule has 1 N–H and O–H groups in total. The van der Waals surface area contributed by atoms with Crippen LogP contribution < -0.4 is 5.43 Å². The van der Waals surface area contributed by atoms with E-state index in [1.165, 1.54) is 31.4 Å². The van der Waals surface area contributed by atoms with Gasteiger partial charge < -0.3 is 0 Å². The van der Waals surface area contributed by atoms with Crippen molar-refractivity contribution in [2.45, 2.75) is 64.2 Å². The standard InChI is InChI=1S/C22H29ClN4O/c1-16-20(22(28)25-26-14-6-3-7-15-26)24-27(19-12-10-18(23)11-13-19)21(16)17-8-4-2-5-9-17/h10-13,17H,2-9,14-15H2,1H3,(H,25,28). The lowest BCUT2D eigenvalue weighted by Gasteiger charge is -2.26. The van der Waals surface area contributed by atoms with Crippen molar-refractivity contribution in [3.05, 3.63) is 46.2 Å². The van der Waals surface area contributed by atoms with Gasteiger partial charge in [-0.3, -0.25) is 10.2 Å². The summed E-state index contributed by atoms with van der Waals surface area (Å²) in [5, 5.41) is 7.52. The quantitative estimate of drug-likeness (QED) is 0.784. The van der Waals surface area contributed by atoms with E-state index < -0.39 is 0 Å². The number of halogens is 1. The topological polar surface area (TPSA) is 50.2 Å². The van der Waals surface area contributed by atoms with E-state index in [4.69, 9.17) is 16.7 Å². The van der Waals surface area contributed by atoms with Gasteiger partial charge in [-0.2, -0.15) is 5.10 Å². The Balaban J connectivity index is 1.68. The maximum absolute atomic E-state index is 13.0. The molecule has 1 aromatic carbocycles. The van der Waals surface area contributed by atoms with Crippen LogP contribution in [0.15, 0.2) is 24.3 Å². The van der Waals surface area contributed by atoms with Crippen LogP contribution in [0.5, 0.6) is 0 Å². The molecule has 6 heteroatoms. The first-order chi connectivity index (χ1) is 13.6. The zero-order valence-corrected chi connectivity index (χ0v) is 17.3. The second-order valence-electron chi connectivity index (χ2n) is 8.07. The molecule has 2 heterocycles. The molecular weight excluding hydrogens is 372 g/mol. The number of hydrogen-bond acceptors (Lipinski definition) is 3. The largest absolute Gasteiger partial charge is 0.286 e. The fraction of sp³-hybridized carbons (Fsp3) is 0.545. The van der Waals surface area contributed by atoms with Crippen molar-refractivity contribution in [2.75, 3.05) is 13.1 Å². The first-order valence-corrected chi connectivity index (χ1v) is 10.9. The van der Waals surface area contributed by atoms with Crippen LogP contribution >= 0.6 is 11.6 Å². The molecule has 0 spiro atoms. The van der Waals surface area contributed by atoms with Gasteiger partial charge in [0.2, 0.25) is 0 Å². The monoisotopic (exact) mass is 400 g/mol. The summed E-state index contributed by atoms with van der Waals surface area (Å²) in [5.41, 5.74) is 6.78. The minimum absolute atomic E-state index is 0.0934. The van der Waals surface area contributed by atoms with Crippen LogP contribution in [0, 0.1) is 6.92 Å². The highest BCUT2D eigenvalue weighted by molar-refractivity contribution is 6.30. The number of benzene rings is 1. The summed E-state index contributed by atoms with van der Waals surface area (Å²) in [6.07, 6.45) is 9.60. The van der Waals surface area contributed by atoms with E-state index in [2.05, 4.69) is 12.3 Å². The second-order valence-corrected chi connectivity index (χ2v) is 8.51. The van der Waals surface area contributed by atoms with Crippen molar-refractivity contribution in [2.24, 2.45) is 0 Å². The highest BCUT2D eigenvalue weighted by Gasteiger charge is 2.28. The lowest BCUT2D eigenvalue weighted by Crippen LogP contribution is -2.45. The Morgan fingerprint density at radius 1 is 1.04 bits per heavy atom. The van der Waals surface area contributed by atoms with Crippen molar-refractivity contribution in [3.8, 4) is 5.69 Å². The summed E-state index contributed by atoms with van der Waals surface area (Å²) in [6, 6.07) is 7.72. The summed E-state index contributed by atoms with van der Waals surface area (Å²) >= 11 is 6.08. The Bertz CT molecular complexity index is 818. The second kappa shape index (κ2) is 8.66. The number of carbonyl (C=O) groups is 1. The molecule has 1 aliphatic carbocycles. The lowest BCUT2D eigenvalue weighted by molar-refractivity contribution is 0.0743. The first kappa shape index (κ1) is 19.5. The number of carbonyl (C=O) groups excluding carboxylic acids is 1. The highest BCUT2D eigenvalue weighted by atomic mass is 35.5. The van der Waals surface area contributed by atoms with E-state index in [1.807, 2.05) is 34.0 Å². The molecule has 0 atom stereocenters. The van der Waals surface area contributed by atoms with Crippen LogP contribution in [0.3, 0.4) is 0 Å². The van der Waals surface area contributed by atoms with Crippen LogP contribution in [-0.2, 0) is 0 Å². The van der Waals surface area contributed by atoms with Gasteiger partial charge in [0, 0.05) is 29.6 Å². The van der Waals surface area contributed by atoms with Crippen LogP contribution in [0.25, 0.3) is 5.69 Å². The van der Waals surface area contributed by atoms with Crippen molar-refractivity contribution >= 4 is 17.5 Å². The van der Waals surface area contributed by atoms with Crippen LogP contribution in [-0.4, -0.2) is 33.8 Å². The van der Waals surface area contributed by atoms with Crippen molar-refractivity contribution < 1.29 is 4.79 Å². The van der Waals surface area contributed by atoms with Gasteiger partial charge in [0.25, 0.3) is 5.91 Å². The number of hydrazine groups is 1. The average molecular weight is 401 g/mol. The Labute approximate surface area is 172 Å². The normalized spacial score (nSPS) is 18.9. The number of hydrogen-bond donors (Lipinski definition) is 1. The van der Waals surface area contributed by atoms with E-state index in [0.717, 1.165) is 50.0 Å². The summed E-state index contributed by atoms with van der Waals surface area (Å²) in [5.74, 6) is 0.359. The van der Waals surface area contributed by atoms with E-state index in [0.29, 0.717) is 16.6 Å². The zero-order chi connectivity index (χ0) is 19.5. The number of piperidine rings is 1. The third kappa shape index (κ3) is 4.11. The van der Waals surface area contributed by atoms with Gasteiger partial charge in [-0.25, -0.2) is 9.69 Å². The van der Waals surface area contributed by atoms with E-state index in [-0.39, 0.29) is 5.91 Å². The van der Waals surface area contributed by atoms with Crippen LogP contribution in [0.2, 0.25) is 5.02 Å². The van der Waals surface area contributed by atoms with Gasteiger partial charge in [-0.15, -0.1) is 0 Å². The molecule has 0 radical (unpaired) electrons. The highest BCUT2D eigenvalue weighted by Crippen LogP contribution is 2.36. The maximum atomic E-state index is 13.0. The fourth-order valence-electron chi connectivity index (χ4n) is 4.56. The Kier molecular flexibility index (Phi) is 6.02. The number of rotatable bonds is 4. The zero-order valence-electron chi connectivity index (χ0n) is 16.6. The molecule has 1 saturated carbocycles. The lowest BCUT2D eigenvalue weighted by atomic mass is 9.85. The molecule has 4 rings (SSSR count). The SMILES string of the molecule is Cc1c(C(=O)NN2CCCCC2)nn(-c2ccc(Cl)cc2)c1C1CCCCC1. The van der Waals surface area contributed by atoms with E-state index >= 15 is 0 Å². The number of nitrogens with zero attached hydrogens (tertiary/aromatic N) is 3. The first-order valence-electron chi connectivity index (χ1n) is 10.5. The van der Waals surface area contributed by atoms with Gasteiger partial charge in [-0.05, 0) is 56.9 Å². The van der Waals surface area contributed by atoms with Gasteiger partial charge in [0.05, 0.1) is 11.4 Å². The van der Waals surface area contributed by atoms with Crippen molar-refractivity contribution in [1.82, 2.24) is 20.2 Å². The molecule has 2 aliphatic rings. The average Bonchev–Trinajstić information content (AvgIpc) is 3.07. The summed E-state index contributed by atoms with van der Waals surface area (Å²) < 4.78 is 1.98. The van der Waals surface area contributed by atoms with Gasteiger partial charge in [-0.1, -0.05) is 37.3 Å². The van der Waals surface area contributed by atoms with Gasteiger partial charge in [0.15, 0.2) is 5.69 Å². The molecule has 2 fully saturated rings. The Morgan fingerprint density at radius 2 is 1.68 bits per heavy atom. The Morgan fingerprint density at radius 3 is 2.36 bits per heavy atom. The summed E-state index contributed by atoms with van der Waals surface area (Å²) in [7, 11) is 0. The molecule has 1 aliphatic heterocycles. The predicted molar refractivity (Wildman–Crippen MR) is 112 cm³/mol. The molecule has 1 aromatic heterocycles. The molecule has 150 valence electrons. The molecule has 1 saturated heterocycles. The Hall–Kier alpha value is -1.85. The van der Waals surface area contributed by atoms with E-state index in [9.17, 15) is 4.79 Å². The minimum Gasteiger partial charge on any atom is -0.283 e. The molecule has 5 nitrogen and oxygen atoms in total. The van der Waals surface area contributed by atoms with Gasteiger partial charge >= 0.3 is 0 Å². The van der Waals surface area contributed by atoms with Crippen molar-refractivity contribution in [1.29, 1.82) is 0 Å². The molecule has 2 aromatic rings. The summed E-state index contributed by atoms with van der Waals surface area (Å²) in [4.78, 5) is 13.0. The molecule has 28 heavy (non-hydrogen) atoms. The number of amides is 1. The van der Waals surface area contributed by atoms with Crippen molar-refractivity contribution in [3.63, 3.8) is 0 Å². The molecule has 0 unspecified atom stereocenters. The minimum atomic E-state index is -0.0934. The van der Waals surface area contributed by atoms with Gasteiger partial charge in [0.1, 0.15) is 0 Å². The fourth-order valence-corrected chi connectivity index (χ4v) is 4.69. The van der Waals surface area contributed by atoms with E-state index in [1.54, 1.807) is 0 Å². The van der Waals surface area contributed by atoms with Crippen LogP contribution in [0.4, 0.5) is 0 Å². The molecule has 1 amide bonds. The summed E-state index contributed by atoms with van der Waals surface area (Å²) in [6.45, 7) is 3.88. The maximum Gasteiger partial charge on any atom is 0.286 e. The molecule has 0 bridgehead atoms. The third-order valence-electron chi connectivity index (χ3n) is 6.06. The number of nitrogens with one attached hydrogen (secondary N) is 1. The van der Waals surface area contributed by atoms with Crippen LogP contribution in [0.1, 0.15) is 79.0 Å². The predicted octanol–water partition coefficient (Wildman–Crippen LogP) is 5.01. The number of aromatic nitrogens is 2. The smallest absolute Gasteiger partial charge is 0.283 e. The molecular formula is C22H29ClN4O. The third-order valence-corrected chi connectivity index (χ3v) is 6.31.